The van der Waals surface area contributed by atoms with E-state index in [2.05, 4.69) is 20.3 Å². The molecule has 0 aliphatic heterocycles. The zero-order chi connectivity index (χ0) is 21.5. The van der Waals surface area contributed by atoms with Crippen LogP contribution in [0.2, 0.25) is 0 Å². The molecule has 1 atom stereocenters. The van der Waals surface area contributed by atoms with Crippen molar-refractivity contribution in [3.8, 4) is 17.3 Å². The van der Waals surface area contributed by atoms with Gasteiger partial charge in [0.2, 0.25) is 10.0 Å². The summed E-state index contributed by atoms with van der Waals surface area (Å²) in [6.45, 7) is 2.66. The average Bonchev–Trinajstić information content (AvgIpc) is 2.99. The molecule has 1 saturated carbocycles. The van der Waals surface area contributed by atoms with Crippen molar-refractivity contribution in [2.75, 3.05) is 6.67 Å². The molecular formula is C22H23FN4O2S. The van der Waals surface area contributed by atoms with E-state index in [4.69, 9.17) is 0 Å². The fourth-order valence-electron chi connectivity index (χ4n) is 3.85. The van der Waals surface area contributed by atoms with Crippen LogP contribution in [0.4, 0.5) is 4.39 Å². The summed E-state index contributed by atoms with van der Waals surface area (Å²) >= 11 is 0. The molecule has 0 saturated heterocycles. The molecule has 0 radical (unpaired) electrons. The van der Waals surface area contributed by atoms with Crippen LogP contribution in [0.5, 0.6) is 0 Å². The van der Waals surface area contributed by atoms with E-state index in [0.717, 1.165) is 41.6 Å². The molecule has 156 valence electrons. The van der Waals surface area contributed by atoms with Crippen LogP contribution in [-0.2, 0) is 10.0 Å². The van der Waals surface area contributed by atoms with Gasteiger partial charge in [-0.1, -0.05) is 12.1 Å². The molecule has 0 amide bonds. The highest BCUT2D eigenvalue weighted by Crippen LogP contribution is 2.42. The highest BCUT2D eigenvalue weighted by Gasteiger charge is 2.28. The van der Waals surface area contributed by atoms with Crippen LogP contribution in [0.3, 0.4) is 0 Å². The normalized spacial score (nSPS) is 15.7. The van der Waals surface area contributed by atoms with Crippen LogP contribution in [-0.4, -0.2) is 30.7 Å². The van der Waals surface area contributed by atoms with Crippen LogP contribution in [0, 0.1) is 18.3 Å². The molecule has 6 nitrogen and oxygen atoms in total. The molecule has 2 heterocycles. The summed E-state index contributed by atoms with van der Waals surface area (Å²) in [6, 6.07) is 10.2. The van der Waals surface area contributed by atoms with Gasteiger partial charge in [0.1, 0.15) is 23.8 Å². The van der Waals surface area contributed by atoms with E-state index in [9.17, 15) is 18.1 Å². The Balaban J connectivity index is 1.85. The Kier molecular flexibility index (Phi) is 5.35. The molecule has 4 rings (SSSR count). The van der Waals surface area contributed by atoms with Gasteiger partial charge in [-0.2, -0.15) is 5.26 Å². The number of nitrogens with one attached hydrogen (secondary N) is 1. The van der Waals surface area contributed by atoms with Gasteiger partial charge in [-0.05, 0) is 62.4 Å². The number of sulfonamides is 1. The zero-order valence-corrected chi connectivity index (χ0v) is 17.7. The first-order valence-electron chi connectivity index (χ1n) is 9.95. The maximum absolute atomic E-state index is 12.7. The summed E-state index contributed by atoms with van der Waals surface area (Å²) in [7, 11) is -3.81. The molecule has 1 aliphatic carbocycles. The molecule has 1 aliphatic rings. The minimum atomic E-state index is -3.81. The summed E-state index contributed by atoms with van der Waals surface area (Å²) in [5.41, 5.74) is 4.64. The average molecular weight is 427 g/mol. The van der Waals surface area contributed by atoms with Crippen molar-refractivity contribution in [1.82, 2.24) is 14.3 Å². The SMILES string of the molecule is Cc1cnc2c(C#N)c(-c3ccc(S(=O)(=O)N[C@@H](C)CF)cc3)n(C3CCC3)c2c1. The molecule has 0 bridgehead atoms. The molecular weight excluding hydrogens is 403 g/mol. The molecule has 1 N–H and O–H groups in total. The van der Waals surface area contributed by atoms with Crippen molar-refractivity contribution in [2.45, 2.75) is 50.1 Å². The van der Waals surface area contributed by atoms with E-state index in [1.807, 2.05) is 13.0 Å². The Morgan fingerprint density at radius 1 is 1.33 bits per heavy atom. The third-order valence-corrected chi connectivity index (χ3v) is 7.16. The van der Waals surface area contributed by atoms with Gasteiger partial charge in [-0.25, -0.2) is 17.5 Å². The summed E-state index contributed by atoms with van der Waals surface area (Å²) in [5, 5.41) is 9.90. The Morgan fingerprint density at radius 2 is 2.03 bits per heavy atom. The van der Waals surface area contributed by atoms with Gasteiger partial charge >= 0.3 is 0 Å². The number of alkyl halides is 1. The predicted octanol–water partition coefficient (Wildman–Crippen LogP) is 4.24. The molecule has 3 aromatic rings. The van der Waals surface area contributed by atoms with Crippen LogP contribution in [0.25, 0.3) is 22.3 Å². The molecule has 8 heteroatoms. The van der Waals surface area contributed by atoms with Crippen molar-refractivity contribution in [3.63, 3.8) is 0 Å². The Hall–Kier alpha value is -2.76. The minimum Gasteiger partial charge on any atom is -0.335 e. The highest BCUT2D eigenvalue weighted by atomic mass is 32.2. The maximum atomic E-state index is 12.7. The number of halogens is 1. The Labute approximate surface area is 175 Å². The molecule has 2 aromatic heterocycles. The first kappa shape index (κ1) is 20.5. The van der Waals surface area contributed by atoms with Gasteiger partial charge in [-0.3, -0.25) is 4.98 Å². The quantitative estimate of drug-likeness (QED) is 0.638. The maximum Gasteiger partial charge on any atom is 0.240 e. The van der Waals surface area contributed by atoms with E-state index in [1.54, 1.807) is 18.3 Å². The van der Waals surface area contributed by atoms with Crippen molar-refractivity contribution in [2.24, 2.45) is 0 Å². The van der Waals surface area contributed by atoms with E-state index in [0.29, 0.717) is 17.1 Å². The molecule has 0 unspecified atom stereocenters. The fourth-order valence-corrected chi connectivity index (χ4v) is 5.08. The van der Waals surface area contributed by atoms with Gasteiger partial charge in [0.25, 0.3) is 0 Å². The first-order valence-corrected chi connectivity index (χ1v) is 11.4. The molecule has 0 spiro atoms. The number of rotatable bonds is 6. The third-order valence-electron chi connectivity index (χ3n) is 5.56. The minimum absolute atomic E-state index is 0.0605. The smallest absolute Gasteiger partial charge is 0.240 e. The van der Waals surface area contributed by atoms with Crippen molar-refractivity contribution < 1.29 is 12.8 Å². The lowest BCUT2D eigenvalue weighted by Crippen LogP contribution is -2.33. The van der Waals surface area contributed by atoms with Gasteiger partial charge in [-0.15, -0.1) is 0 Å². The zero-order valence-electron chi connectivity index (χ0n) is 16.9. The standard InChI is InChI=1S/C22H23FN4O2S/c1-14-10-20-21(25-13-14)19(12-24)22(27(20)17-4-3-5-17)16-6-8-18(9-7-16)30(28,29)26-15(2)11-23/h6-10,13,15,17,26H,3-5,11H2,1-2H3/t15-/m0/s1. The summed E-state index contributed by atoms with van der Waals surface area (Å²) < 4.78 is 42.1. The van der Waals surface area contributed by atoms with Gasteiger partial charge in [0.15, 0.2) is 0 Å². The third kappa shape index (κ3) is 3.48. The number of nitrogens with zero attached hydrogens (tertiary/aromatic N) is 3. The van der Waals surface area contributed by atoms with Crippen LogP contribution in [0.1, 0.15) is 43.4 Å². The van der Waals surface area contributed by atoms with E-state index in [-0.39, 0.29) is 4.90 Å². The van der Waals surface area contributed by atoms with E-state index in [1.165, 1.54) is 19.1 Å². The number of pyridine rings is 1. The lowest BCUT2D eigenvalue weighted by atomic mass is 9.92. The summed E-state index contributed by atoms with van der Waals surface area (Å²) in [4.78, 5) is 4.57. The number of hydrogen-bond donors (Lipinski definition) is 1. The number of aryl methyl sites for hydroxylation is 1. The van der Waals surface area contributed by atoms with Crippen LogP contribution >= 0.6 is 0 Å². The second-order valence-electron chi connectivity index (χ2n) is 7.87. The predicted molar refractivity (Wildman–Crippen MR) is 113 cm³/mol. The number of fused-ring (bicyclic) bond motifs is 1. The van der Waals surface area contributed by atoms with Crippen molar-refractivity contribution in [1.29, 1.82) is 5.26 Å². The second kappa shape index (κ2) is 7.82. The summed E-state index contributed by atoms with van der Waals surface area (Å²) in [6.07, 6.45) is 4.96. The van der Waals surface area contributed by atoms with E-state index >= 15 is 0 Å². The van der Waals surface area contributed by atoms with Crippen LogP contribution in [0.15, 0.2) is 41.4 Å². The lowest BCUT2D eigenvalue weighted by Gasteiger charge is -2.30. The molecule has 1 fully saturated rings. The summed E-state index contributed by atoms with van der Waals surface area (Å²) in [5.74, 6) is 0. The Bertz CT molecular complexity index is 1240. The monoisotopic (exact) mass is 426 g/mol. The fraction of sp³-hybridized carbons (Fsp3) is 0.364. The largest absolute Gasteiger partial charge is 0.335 e. The van der Waals surface area contributed by atoms with Gasteiger partial charge in [0.05, 0.1) is 16.1 Å². The topological polar surface area (TPSA) is 87.8 Å². The van der Waals surface area contributed by atoms with Gasteiger partial charge < -0.3 is 4.57 Å². The molecule has 1 aromatic carbocycles. The first-order chi connectivity index (χ1) is 14.4. The number of nitriles is 1. The lowest BCUT2D eigenvalue weighted by molar-refractivity contribution is 0.324. The Morgan fingerprint density at radius 3 is 2.60 bits per heavy atom. The van der Waals surface area contributed by atoms with Crippen molar-refractivity contribution in [3.05, 3.63) is 47.7 Å². The highest BCUT2D eigenvalue weighted by molar-refractivity contribution is 7.89. The van der Waals surface area contributed by atoms with Crippen molar-refractivity contribution >= 4 is 21.1 Å². The number of aromatic nitrogens is 2. The second-order valence-corrected chi connectivity index (χ2v) is 9.59. The van der Waals surface area contributed by atoms with Crippen LogP contribution < -0.4 is 4.72 Å². The van der Waals surface area contributed by atoms with Gasteiger partial charge in [0, 0.05) is 18.3 Å². The number of hydrogen-bond acceptors (Lipinski definition) is 4. The van der Waals surface area contributed by atoms with E-state index < -0.39 is 22.7 Å². The number of benzene rings is 1. The molecule has 30 heavy (non-hydrogen) atoms.